The molecule has 0 aromatic rings. The number of hydrazone groups is 1. The topological polar surface area (TPSA) is 78.8 Å². The quantitative estimate of drug-likeness (QED) is 0.304. The zero-order valence-electron chi connectivity index (χ0n) is 13.5. The number of hydrogen-bond acceptors (Lipinski definition) is 5. The largest absolute Gasteiger partial charge is 0.282 e. The maximum absolute atomic E-state index is 12.1. The molecule has 0 aliphatic carbocycles. The fourth-order valence-corrected chi connectivity index (χ4v) is 3.39. The summed E-state index contributed by atoms with van der Waals surface area (Å²) in [4.78, 5) is 36.7. The van der Waals surface area contributed by atoms with E-state index in [0.29, 0.717) is 24.6 Å². The summed E-state index contributed by atoms with van der Waals surface area (Å²) in [6, 6.07) is 0. The van der Waals surface area contributed by atoms with Gasteiger partial charge in [-0.1, -0.05) is 20.3 Å². The standard InChI is InChI=1S/C15H25N3O3S/c1-4-16-17-13(19)8-6-5-7-9-18-14(20)10-12(15(18)21)22-11(2)3/h4,11-12H,5-10H2,1-3H3,(H,17,19)/b16-4+. The third kappa shape index (κ3) is 6.17. The molecule has 124 valence electrons. The number of rotatable bonds is 9. The number of nitrogens with one attached hydrogen (secondary N) is 1. The molecule has 1 aliphatic heterocycles. The first-order valence-electron chi connectivity index (χ1n) is 7.72. The highest BCUT2D eigenvalue weighted by atomic mass is 32.2. The second kappa shape index (κ2) is 9.61. The molecule has 1 fully saturated rings. The maximum Gasteiger partial charge on any atom is 0.242 e. The Morgan fingerprint density at radius 3 is 2.77 bits per heavy atom. The van der Waals surface area contributed by atoms with Crippen LogP contribution in [-0.2, 0) is 14.4 Å². The predicted octanol–water partition coefficient (Wildman–Crippen LogP) is 1.94. The van der Waals surface area contributed by atoms with Gasteiger partial charge in [-0.15, -0.1) is 11.8 Å². The molecule has 1 heterocycles. The van der Waals surface area contributed by atoms with E-state index < -0.39 is 0 Å². The summed E-state index contributed by atoms with van der Waals surface area (Å²) < 4.78 is 0. The number of likely N-dealkylation sites (tertiary alicyclic amines) is 1. The van der Waals surface area contributed by atoms with Crippen molar-refractivity contribution in [2.24, 2.45) is 5.10 Å². The number of carbonyl (C=O) groups is 3. The highest BCUT2D eigenvalue weighted by molar-refractivity contribution is 8.01. The first-order chi connectivity index (χ1) is 10.5. The number of unbranched alkanes of at least 4 members (excludes halogenated alkanes) is 2. The third-order valence-corrected chi connectivity index (χ3v) is 4.48. The Morgan fingerprint density at radius 1 is 1.41 bits per heavy atom. The summed E-state index contributed by atoms with van der Waals surface area (Å²) in [5.74, 6) is -0.239. The van der Waals surface area contributed by atoms with Crippen molar-refractivity contribution in [1.82, 2.24) is 10.3 Å². The van der Waals surface area contributed by atoms with E-state index in [0.717, 1.165) is 19.3 Å². The molecule has 1 rings (SSSR count). The molecule has 1 atom stereocenters. The lowest BCUT2D eigenvalue weighted by Gasteiger charge is -2.15. The van der Waals surface area contributed by atoms with Crippen molar-refractivity contribution in [3.8, 4) is 0 Å². The zero-order valence-corrected chi connectivity index (χ0v) is 14.3. The van der Waals surface area contributed by atoms with E-state index in [1.165, 1.54) is 11.1 Å². The molecule has 1 N–H and O–H groups in total. The molecule has 0 aromatic carbocycles. The van der Waals surface area contributed by atoms with Crippen molar-refractivity contribution >= 4 is 35.7 Å². The van der Waals surface area contributed by atoms with Crippen molar-refractivity contribution in [3.05, 3.63) is 0 Å². The van der Waals surface area contributed by atoms with Gasteiger partial charge in [0, 0.05) is 25.6 Å². The van der Waals surface area contributed by atoms with Crippen molar-refractivity contribution in [2.45, 2.75) is 63.4 Å². The Morgan fingerprint density at radius 2 is 2.14 bits per heavy atom. The fourth-order valence-electron chi connectivity index (χ4n) is 2.25. The molecule has 0 spiro atoms. The van der Waals surface area contributed by atoms with Gasteiger partial charge in [-0.25, -0.2) is 5.43 Å². The van der Waals surface area contributed by atoms with Gasteiger partial charge in [-0.05, 0) is 25.0 Å². The van der Waals surface area contributed by atoms with Crippen molar-refractivity contribution in [3.63, 3.8) is 0 Å². The predicted molar refractivity (Wildman–Crippen MR) is 88.6 cm³/mol. The van der Waals surface area contributed by atoms with Crippen LogP contribution in [0.15, 0.2) is 5.10 Å². The number of hydrogen-bond donors (Lipinski definition) is 1. The molecule has 3 amide bonds. The first kappa shape index (κ1) is 18.7. The highest BCUT2D eigenvalue weighted by Crippen LogP contribution is 2.28. The average Bonchev–Trinajstić information content (AvgIpc) is 2.71. The van der Waals surface area contributed by atoms with E-state index in [1.807, 2.05) is 13.8 Å². The molecule has 0 saturated carbocycles. The van der Waals surface area contributed by atoms with Gasteiger partial charge in [0.2, 0.25) is 17.7 Å². The van der Waals surface area contributed by atoms with Crippen LogP contribution in [0.4, 0.5) is 0 Å². The van der Waals surface area contributed by atoms with Gasteiger partial charge in [0.15, 0.2) is 0 Å². The molecule has 22 heavy (non-hydrogen) atoms. The van der Waals surface area contributed by atoms with Gasteiger partial charge in [0.05, 0.1) is 5.25 Å². The Labute approximate surface area is 136 Å². The van der Waals surface area contributed by atoms with Crippen LogP contribution in [0.25, 0.3) is 0 Å². The van der Waals surface area contributed by atoms with Crippen LogP contribution < -0.4 is 5.43 Å². The SMILES string of the molecule is C/C=N/NC(=O)CCCCCN1C(=O)CC(SC(C)C)C1=O. The van der Waals surface area contributed by atoms with E-state index >= 15 is 0 Å². The molecule has 1 saturated heterocycles. The molecule has 7 heteroatoms. The number of nitrogens with zero attached hydrogens (tertiary/aromatic N) is 2. The summed E-state index contributed by atoms with van der Waals surface area (Å²) in [5, 5.41) is 3.78. The number of carbonyl (C=O) groups excluding carboxylic acids is 3. The third-order valence-electron chi connectivity index (χ3n) is 3.24. The molecule has 1 aliphatic rings. The summed E-state index contributed by atoms with van der Waals surface area (Å²) in [6.07, 6.45) is 4.52. The molecule has 1 unspecified atom stereocenters. The Kier molecular flexibility index (Phi) is 8.16. The Hall–Kier alpha value is -1.37. The van der Waals surface area contributed by atoms with E-state index in [9.17, 15) is 14.4 Å². The minimum absolute atomic E-state index is 0.0567. The molecular weight excluding hydrogens is 302 g/mol. The van der Waals surface area contributed by atoms with Crippen molar-refractivity contribution < 1.29 is 14.4 Å². The highest BCUT2D eigenvalue weighted by Gasteiger charge is 2.38. The Bertz CT molecular complexity index is 438. The summed E-state index contributed by atoms with van der Waals surface area (Å²) in [5.41, 5.74) is 2.41. The minimum Gasteiger partial charge on any atom is -0.282 e. The van der Waals surface area contributed by atoms with Crippen molar-refractivity contribution in [2.75, 3.05) is 6.54 Å². The van der Waals surface area contributed by atoms with Crippen molar-refractivity contribution in [1.29, 1.82) is 0 Å². The number of imide groups is 1. The maximum atomic E-state index is 12.1. The molecule has 0 radical (unpaired) electrons. The van der Waals surface area contributed by atoms with E-state index in [-0.39, 0.29) is 23.0 Å². The van der Waals surface area contributed by atoms with Gasteiger partial charge in [0.25, 0.3) is 0 Å². The van der Waals surface area contributed by atoms with Crippen LogP contribution in [0.1, 0.15) is 52.9 Å². The number of thioether (sulfide) groups is 1. The minimum atomic E-state index is -0.217. The van der Waals surface area contributed by atoms with Gasteiger partial charge in [0.1, 0.15) is 0 Å². The summed E-state index contributed by atoms with van der Waals surface area (Å²) in [6.45, 7) is 6.24. The van der Waals surface area contributed by atoms with Gasteiger partial charge in [-0.2, -0.15) is 5.10 Å². The molecule has 0 aromatic heterocycles. The molecule has 0 bridgehead atoms. The van der Waals surface area contributed by atoms with Gasteiger partial charge in [-0.3, -0.25) is 19.3 Å². The van der Waals surface area contributed by atoms with Crippen LogP contribution in [0.3, 0.4) is 0 Å². The lowest BCUT2D eigenvalue weighted by atomic mass is 10.2. The lowest BCUT2D eigenvalue weighted by molar-refractivity contribution is -0.138. The van der Waals surface area contributed by atoms with Crippen LogP contribution in [-0.4, -0.2) is 45.9 Å². The van der Waals surface area contributed by atoms with E-state index in [2.05, 4.69) is 10.5 Å². The van der Waals surface area contributed by atoms with Crippen LogP contribution in [0.5, 0.6) is 0 Å². The lowest BCUT2D eigenvalue weighted by Crippen LogP contribution is -2.32. The monoisotopic (exact) mass is 327 g/mol. The van der Waals surface area contributed by atoms with Crippen LogP contribution in [0, 0.1) is 0 Å². The second-order valence-corrected chi connectivity index (χ2v) is 7.28. The van der Waals surface area contributed by atoms with Gasteiger partial charge < -0.3 is 0 Å². The molecule has 6 nitrogen and oxygen atoms in total. The summed E-state index contributed by atoms with van der Waals surface area (Å²) >= 11 is 1.55. The average molecular weight is 327 g/mol. The second-order valence-electron chi connectivity index (χ2n) is 5.49. The fraction of sp³-hybridized carbons (Fsp3) is 0.733. The molecular formula is C15H25N3O3S. The Balaban J connectivity index is 2.23. The number of amides is 3. The van der Waals surface area contributed by atoms with E-state index in [4.69, 9.17) is 0 Å². The zero-order chi connectivity index (χ0) is 16.5. The summed E-state index contributed by atoms with van der Waals surface area (Å²) in [7, 11) is 0. The van der Waals surface area contributed by atoms with Crippen LogP contribution in [0.2, 0.25) is 0 Å². The van der Waals surface area contributed by atoms with Gasteiger partial charge >= 0.3 is 0 Å². The van der Waals surface area contributed by atoms with E-state index in [1.54, 1.807) is 18.7 Å². The smallest absolute Gasteiger partial charge is 0.242 e. The van der Waals surface area contributed by atoms with Crippen LogP contribution >= 0.6 is 11.8 Å². The normalized spacial score (nSPS) is 18.7. The first-order valence-corrected chi connectivity index (χ1v) is 8.66.